The molecular formula is C16H25FN4O2. The van der Waals surface area contributed by atoms with Gasteiger partial charge in [0.2, 0.25) is 0 Å². The number of anilines is 1. The Hall–Kier alpha value is -1.86. The summed E-state index contributed by atoms with van der Waals surface area (Å²) in [6, 6.07) is 6.32. The summed E-state index contributed by atoms with van der Waals surface area (Å²) in [5.41, 5.74) is 1.04. The van der Waals surface area contributed by atoms with Crippen molar-refractivity contribution in [2.75, 3.05) is 50.7 Å². The second-order valence-corrected chi connectivity index (χ2v) is 5.79. The first kappa shape index (κ1) is 17.5. The Bertz CT molecular complexity index is 487. The summed E-state index contributed by atoms with van der Waals surface area (Å²) in [7, 11) is 0. The molecular weight excluding hydrogens is 299 g/mol. The van der Waals surface area contributed by atoms with Crippen LogP contribution in [0.25, 0.3) is 0 Å². The molecule has 1 atom stereocenters. The van der Waals surface area contributed by atoms with Crippen LogP contribution >= 0.6 is 0 Å². The molecule has 1 aliphatic rings. The molecule has 3 N–H and O–H groups in total. The van der Waals surface area contributed by atoms with Gasteiger partial charge < -0.3 is 20.6 Å². The highest BCUT2D eigenvalue weighted by Gasteiger charge is 2.17. The second kappa shape index (κ2) is 8.69. The van der Waals surface area contributed by atoms with Crippen LogP contribution in [-0.2, 0) is 0 Å². The third kappa shape index (κ3) is 6.03. The fraction of sp³-hybridized carbons (Fsp3) is 0.562. The molecule has 0 aliphatic carbocycles. The third-order valence-electron chi connectivity index (χ3n) is 3.84. The van der Waals surface area contributed by atoms with Crippen LogP contribution in [0.4, 0.5) is 14.9 Å². The first-order valence-corrected chi connectivity index (χ1v) is 7.97. The zero-order valence-electron chi connectivity index (χ0n) is 13.5. The van der Waals surface area contributed by atoms with Gasteiger partial charge in [0.1, 0.15) is 5.82 Å². The Morgan fingerprint density at radius 1 is 1.22 bits per heavy atom. The molecule has 1 saturated heterocycles. The van der Waals surface area contributed by atoms with Crippen molar-refractivity contribution < 1.29 is 14.3 Å². The largest absolute Gasteiger partial charge is 0.392 e. The summed E-state index contributed by atoms with van der Waals surface area (Å²) in [4.78, 5) is 16.0. The molecule has 0 spiro atoms. The van der Waals surface area contributed by atoms with E-state index in [0.717, 1.165) is 38.4 Å². The summed E-state index contributed by atoms with van der Waals surface area (Å²) in [6.07, 6.45) is -0.541. The van der Waals surface area contributed by atoms with Gasteiger partial charge in [0.15, 0.2) is 0 Å². The fourth-order valence-electron chi connectivity index (χ4n) is 2.51. The quantitative estimate of drug-likeness (QED) is 0.718. The van der Waals surface area contributed by atoms with Crippen LogP contribution in [0.15, 0.2) is 24.3 Å². The lowest BCUT2D eigenvalue weighted by atomic mass is 10.2. The van der Waals surface area contributed by atoms with Gasteiger partial charge in [0, 0.05) is 51.5 Å². The number of halogens is 1. The van der Waals surface area contributed by atoms with Crippen LogP contribution in [-0.4, -0.2) is 68.0 Å². The van der Waals surface area contributed by atoms with Gasteiger partial charge in [-0.1, -0.05) is 0 Å². The Labute approximate surface area is 136 Å². The second-order valence-electron chi connectivity index (χ2n) is 5.79. The van der Waals surface area contributed by atoms with Gasteiger partial charge >= 0.3 is 6.03 Å². The fourth-order valence-corrected chi connectivity index (χ4v) is 2.51. The molecule has 1 aliphatic heterocycles. The zero-order valence-corrected chi connectivity index (χ0v) is 13.5. The lowest BCUT2D eigenvalue weighted by Crippen LogP contribution is -2.49. The van der Waals surface area contributed by atoms with Crippen LogP contribution in [0.3, 0.4) is 0 Å². The molecule has 1 heterocycles. The third-order valence-corrected chi connectivity index (χ3v) is 3.84. The van der Waals surface area contributed by atoms with E-state index >= 15 is 0 Å². The van der Waals surface area contributed by atoms with Gasteiger partial charge in [0.05, 0.1) is 6.10 Å². The number of aliphatic hydroxyl groups excluding tert-OH is 1. The van der Waals surface area contributed by atoms with E-state index in [2.05, 4.69) is 20.4 Å². The molecule has 23 heavy (non-hydrogen) atoms. The minimum absolute atomic E-state index is 0.215. The van der Waals surface area contributed by atoms with Crippen LogP contribution in [0.5, 0.6) is 0 Å². The normalized spacial score (nSPS) is 16.9. The number of piperazine rings is 1. The summed E-state index contributed by atoms with van der Waals surface area (Å²) in [6.45, 7) is 6.84. The van der Waals surface area contributed by atoms with Crippen molar-refractivity contribution in [3.8, 4) is 0 Å². The maximum Gasteiger partial charge on any atom is 0.314 e. The van der Waals surface area contributed by atoms with E-state index in [1.165, 1.54) is 12.1 Å². The number of benzene rings is 1. The monoisotopic (exact) mass is 324 g/mol. The van der Waals surface area contributed by atoms with Crippen molar-refractivity contribution in [3.63, 3.8) is 0 Å². The molecule has 0 bridgehead atoms. The number of nitrogens with one attached hydrogen (secondary N) is 2. The molecule has 0 radical (unpaired) electrons. The van der Waals surface area contributed by atoms with Gasteiger partial charge in [0.25, 0.3) is 0 Å². The topological polar surface area (TPSA) is 67.8 Å². The van der Waals surface area contributed by atoms with Gasteiger partial charge in [-0.3, -0.25) is 4.90 Å². The molecule has 1 aromatic rings. The molecule has 7 heteroatoms. The maximum atomic E-state index is 12.9. The van der Waals surface area contributed by atoms with E-state index in [9.17, 15) is 9.18 Å². The molecule has 2 amide bonds. The standard InChI is InChI=1S/C16H25FN4O2/c1-13(22)12-19-16(23)18-6-7-20-8-10-21(11-9-20)15-4-2-14(17)3-5-15/h2-5,13,22H,6-12H2,1H3,(H2,18,19,23)/t13-/m1/s1. The summed E-state index contributed by atoms with van der Waals surface area (Å²) < 4.78 is 12.9. The van der Waals surface area contributed by atoms with Crippen LogP contribution < -0.4 is 15.5 Å². The number of hydrogen-bond donors (Lipinski definition) is 3. The number of carbonyl (C=O) groups is 1. The predicted octanol–water partition coefficient (Wildman–Crippen LogP) is 0.628. The number of rotatable bonds is 6. The lowest BCUT2D eigenvalue weighted by Gasteiger charge is -2.36. The van der Waals surface area contributed by atoms with Crippen LogP contribution in [0, 0.1) is 5.82 Å². The van der Waals surface area contributed by atoms with Crippen molar-refractivity contribution in [1.29, 1.82) is 0 Å². The Morgan fingerprint density at radius 3 is 2.48 bits per heavy atom. The molecule has 6 nitrogen and oxygen atoms in total. The summed E-state index contributed by atoms with van der Waals surface area (Å²) in [5, 5.41) is 14.5. The van der Waals surface area contributed by atoms with E-state index in [1.807, 2.05) is 0 Å². The highest BCUT2D eigenvalue weighted by Crippen LogP contribution is 2.16. The van der Waals surface area contributed by atoms with Gasteiger partial charge in [-0.25, -0.2) is 9.18 Å². The van der Waals surface area contributed by atoms with Crippen molar-refractivity contribution in [2.45, 2.75) is 13.0 Å². The maximum absolute atomic E-state index is 12.9. The van der Waals surface area contributed by atoms with Crippen molar-refractivity contribution >= 4 is 11.7 Å². The minimum atomic E-state index is -0.541. The lowest BCUT2D eigenvalue weighted by molar-refractivity contribution is 0.187. The van der Waals surface area contributed by atoms with Crippen molar-refractivity contribution in [1.82, 2.24) is 15.5 Å². The highest BCUT2D eigenvalue weighted by molar-refractivity contribution is 5.73. The SMILES string of the molecule is C[C@@H](O)CNC(=O)NCCN1CCN(c2ccc(F)cc2)CC1. The number of aliphatic hydroxyl groups is 1. The molecule has 0 aromatic heterocycles. The van der Waals surface area contributed by atoms with Gasteiger partial charge in [-0.05, 0) is 31.2 Å². The molecule has 0 unspecified atom stereocenters. The number of amides is 2. The van der Waals surface area contributed by atoms with Crippen molar-refractivity contribution in [3.05, 3.63) is 30.1 Å². The van der Waals surface area contributed by atoms with E-state index in [0.29, 0.717) is 6.54 Å². The van der Waals surface area contributed by atoms with Crippen molar-refractivity contribution in [2.24, 2.45) is 0 Å². The van der Waals surface area contributed by atoms with E-state index < -0.39 is 6.10 Å². The number of carbonyl (C=O) groups excluding carboxylic acids is 1. The average Bonchev–Trinajstić information content (AvgIpc) is 2.54. The number of urea groups is 1. The van der Waals surface area contributed by atoms with Crippen LogP contribution in [0.2, 0.25) is 0 Å². The molecule has 1 aromatic carbocycles. The van der Waals surface area contributed by atoms with E-state index in [1.54, 1.807) is 19.1 Å². The highest BCUT2D eigenvalue weighted by atomic mass is 19.1. The Morgan fingerprint density at radius 2 is 1.87 bits per heavy atom. The Balaban J connectivity index is 1.63. The average molecular weight is 324 g/mol. The first-order valence-electron chi connectivity index (χ1n) is 7.97. The number of hydrogen-bond acceptors (Lipinski definition) is 4. The predicted molar refractivity (Wildman–Crippen MR) is 88.1 cm³/mol. The minimum Gasteiger partial charge on any atom is -0.392 e. The van der Waals surface area contributed by atoms with E-state index in [4.69, 9.17) is 5.11 Å². The molecule has 1 fully saturated rings. The number of nitrogens with zero attached hydrogens (tertiary/aromatic N) is 2. The smallest absolute Gasteiger partial charge is 0.314 e. The first-order chi connectivity index (χ1) is 11.0. The molecule has 2 rings (SSSR count). The molecule has 128 valence electrons. The van der Waals surface area contributed by atoms with Gasteiger partial charge in [-0.2, -0.15) is 0 Å². The Kier molecular flexibility index (Phi) is 6.61. The van der Waals surface area contributed by atoms with E-state index in [-0.39, 0.29) is 18.4 Å². The zero-order chi connectivity index (χ0) is 16.7. The molecule has 0 saturated carbocycles. The van der Waals surface area contributed by atoms with Gasteiger partial charge in [-0.15, -0.1) is 0 Å². The summed E-state index contributed by atoms with van der Waals surface area (Å²) in [5.74, 6) is -0.215. The van der Waals surface area contributed by atoms with Crippen LogP contribution in [0.1, 0.15) is 6.92 Å². The summed E-state index contributed by atoms with van der Waals surface area (Å²) >= 11 is 0.